The number of benzene rings is 1. The van der Waals surface area contributed by atoms with Crippen LogP contribution in [-0.2, 0) is 9.59 Å². The highest BCUT2D eigenvalue weighted by Gasteiger charge is 2.41. The number of aliphatic hydroxyl groups excluding tert-OH is 1. The van der Waals surface area contributed by atoms with Crippen molar-refractivity contribution in [1.82, 2.24) is 9.80 Å². The van der Waals surface area contributed by atoms with Crippen LogP contribution in [0.1, 0.15) is 24.9 Å². The van der Waals surface area contributed by atoms with Gasteiger partial charge in [-0.2, -0.15) is 0 Å². The summed E-state index contributed by atoms with van der Waals surface area (Å²) >= 11 is 3.38. The van der Waals surface area contributed by atoms with Crippen molar-refractivity contribution < 1.29 is 14.7 Å². The molecular weight excluding hydrogens is 360 g/mol. The quantitative estimate of drug-likeness (QED) is 0.823. The molecule has 1 aromatic carbocycles. The Labute approximate surface area is 144 Å². The Morgan fingerprint density at radius 1 is 1.30 bits per heavy atom. The Kier molecular flexibility index (Phi) is 5.59. The second-order valence-corrected chi connectivity index (χ2v) is 6.84. The Hall–Kier alpha value is -1.66. The standard InChI is InChI=1S/C17H21BrN2O3/c1-11(21)14-15(12-5-7-13(18)8-6-12)20(17(23)16(14)22)10-4-9-19(2)3/h5-8,15,22H,4,9-10H2,1-3H3. The first-order valence-corrected chi connectivity index (χ1v) is 8.27. The van der Waals surface area contributed by atoms with Crippen LogP contribution in [0, 0.1) is 0 Å². The van der Waals surface area contributed by atoms with Crippen molar-refractivity contribution in [3.63, 3.8) is 0 Å². The van der Waals surface area contributed by atoms with Gasteiger partial charge in [0.2, 0.25) is 0 Å². The molecule has 1 heterocycles. The van der Waals surface area contributed by atoms with Crippen LogP contribution in [0.25, 0.3) is 0 Å². The lowest BCUT2D eigenvalue weighted by Crippen LogP contribution is -2.33. The van der Waals surface area contributed by atoms with E-state index in [1.807, 2.05) is 43.3 Å². The Morgan fingerprint density at radius 2 is 1.91 bits per heavy atom. The summed E-state index contributed by atoms with van der Waals surface area (Å²) in [6, 6.07) is 6.94. The normalized spacial score (nSPS) is 18.2. The van der Waals surface area contributed by atoms with Gasteiger partial charge in [-0.25, -0.2) is 0 Å². The van der Waals surface area contributed by atoms with Crippen molar-refractivity contribution in [2.24, 2.45) is 0 Å². The van der Waals surface area contributed by atoms with Gasteiger partial charge in [0, 0.05) is 11.0 Å². The molecule has 2 rings (SSSR count). The van der Waals surface area contributed by atoms with Crippen molar-refractivity contribution in [3.05, 3.63) is 45.6 Å². The molecule has 1 aliphatic rings. The summed E-state index contributed by atoms with van der Waals surface area (Å²) in [7, 11) is 3.93. The van der Waals surface area contributed by atoms with Crippen LogP contribution in [0.15, 0.2) is 40.1 Å². The number of halogens is 1. The van der Waals surface area contributed by atoms with Crippen LogP contribution in [-0.4, -0.2) is 53.8 Å². The summed E-state index contributed by atoms with van der Waals surface area (Å²) in [6.07, 6.45) is 0.768. The molecule has 124 valence electrons. The summed E-state index contributed by atoms with van der Waals surface area (Å²) in [5, 5.41) is 10.1. The lowest BCUT2D eigenvalue weighted by Gasteiger charge is -2.27. The minimum atomic E-state index is -0.518. The molecule has 1 amide bonds. The van der Waals surface area contributed by atoms with E-state index in [0.717, 1.165) is 23.0 Å². The fourth-order valence-electron chi connectivity index (χ4n) is 2.79. The first kappa shape index (κ1) is 17.7. The fourth-order valence-corrected chi connectivity index (χ4v) is 3.06. The minimum absolute atomic E-state index is 0.183. The second-order valence-electron chi connectivity index (χ2n) is 5.93. The number of amides is 1. The number of carbonyl (C=O) groups excluding carboxylic acids is 2. The van der Waals surface area contributed by atoms with Gasteiger partial charge < -0.3 is 14.9 Å². The average Bonchev–Trinajstić information content (AvgIpc) is 2.72. The number of nitrogens with zero attached hydrogens (tertiary/aromatic N) is 2. The molecule has 0 saturated carbocycles. The Bertz CT molecular complexity index is 638. The smallest absolute Gasteiger partial charge is 0.290 e. The second kappa shape index (κ2) is 7.27. The monoisotopic (exact) mass is 380 g/mol. The number of rotatable bonds is 6. The number of hydrogen-bond donors (Lipinski definition) is 1. The molecule has 1 atom stereocenters. The summed E-state index contributed by atoms with van der Waals surface area (Å²) in [5.74, 6) is -1.17. The highest BCUT2D eigenvalue weighted by atomic mass is 79.9. The van der Waals surface area contributed by atoms with E-state index in [1.165, 1.54) is 6.92 Å². The predicted octanol–water partition coefficient (Wildman–Crippen LogP) is 2.69. The molecular formula is C17H21BrN2O3. The molecule has 1 N–H and O–H groups in total. The van der Waals surface area contributed by atoms with E-state index in [0.29, 0.717) is 6.54 Å². The van der Waals surface area contributed by atoms with Crippen molar-refractivity contribution in [2.75, 3.05) is 27.2 Å². The van der Waals surface area contributed by atoms with E-state index in [-0.39, 0.29) is 11.4 Å². The van der Waals surface area contributed by atoms with Crippen molar-refractivity contribution in [3.8, 4) is 0 Å². The third kappa shape index (κ3) is 3.82. The summed E-state index contributed by atoms with van der Waals surface area (Å²) < 4.78 is 0.919. The highest BCUT2D eigenvalue weighted by molar-refractivity contribution is 9.10. The summed E-state index contributed by atoms with van der Waals surface area (Å²) in [4.78, 5) is 28.0. The van der Waals surface area contributed by atoms with Gasteiger partial charge in [-0.15, -0.1) is 0 Å². The van der Waals surface area contributed by atoms with Gasteiger partial charge in [-0.05, 0) is 51.7 Å². The third-order valence-corrected chi connectivity index (χ3v) is 4.40. The van der Waals surface area contributed by atoms with Gasteiger partial charge in [-0.1, -0.05) is 28.1 Å². The lowest BCUT2D eigenvalue weighted by atomic mass is 9.97. The third-order valence-electron chi connectivity index (χ3n) is 3.87. The van der Waals surface area contributed by atoms with E-state index < -0.39 is 17.7 Å². The van der Waals surface area contributed by atoms with Gasteiger partial charge in [0.05, 0.1) is 11.6 Å². The molecule has 1 unspecified atom stereocenters. The van der Waals surface area contributed by atoms with Crippen LogP contribution in [0.5, 0.6) is 0 Å². The number of hydrogen-bond acceptors (Lipinski definition) is 4. The zero-order chi connectivity index (χ0) is 17.1. The van der Waals surface area contributed by atoms with Crippen molar-refractivity contribution in [1.29, 1.82) is 0 Å². The number of ketones is 1. The van der Waals surface area contributed by atoms with E-state index in [4.69, 9.17) is 0 Å². The lowest BCUT2D eigenvalue weighted by molar-refractivity contribution is -0.129. The molecule has 5 nitrogen and oxygen atoms in total. The zero-order valence-corrected chi connectivity index (χ0v) is 15.1. The highest BCUT2D eigenvalue weighted by Crippen LogP contribution is 2.37. The van der Waals surface area contributed by atoms with Gasteiger partial charge in [0.25, 0.3) is 5.91 Å². The maximum atomic E-state index is 12.4. The van der Waals surface area contributed by atoms with Crippen LogP contribution in [0.4, 0.5) is 0 Å². The largest absolute Gasteiger partial charge is 0.503 e. The molecule has 23 heavy (non-hydrogen) atoms. The van der Waals surface area contributed by atoms with E-state index >= 15 is 0 Å². The maximum Gasteiger partial charge on any atom is 0.290 e. The van der Waals surface area contributed by atoms with E-state index in [1.54, 1.807) is 4.90 Å². The molecule has 0 aliphatic carbocycles. The molecule has 0 fully saturated rings. The average molecular weight is 381 g/mol. The molecule has 1 aliphatic heterocycles. The number of aliphatic hydroxyl groups is 1. The van der Waals surface area contributed by atoms with Crippen LogP contribution < -0.4 is 0 Å². The SMILES string of the molecule is CC(=O)C1=C(O)C(=O)N(CCCN(C)C)C1c1ccc(Br)cc1. The summed E-state index contributed by atoms with van der Waals surface area (Å²) in [5.41, 5.74) is 1.00. The molecule has 0 spiro atoms. The molecule has 0 bridgehead atoms. The van der Waals surface area contributed by atoms with E-state index in [2.05, 4.69) is 15.9 Å². The minimum Gasteiger partial charge on any atom is -0.503 e. The Balaban J connectivity index is 2.34. The first-order chi connectivity index (χ1) is 10.8. The van der Waals surface area contributed by atoms with Crippen LogP contribution in [0.3, 0.4) is 0 Å². The molecule has 0 aromatic heterocycles. The van der Waals surface area contributed by atoms with E-state index in [9.17, 15) is 14.7 Å². The topological polar surface area (TPSA) is 60.9 Å². The van der Waals surface area contributed by atoms with Gasteiger partial charge in [0.1, 0.15) is 0 Å². The molecule has 0 radical (unpaired) electrons. The van der Waals surface area contributed by atoms with Crippen molar-refractivity contribution >= 4 is 27.6 Å². The van der Waals surface area contributed by atoms with Gasteiger partial charge in [0.15, 0.2) is 11.5 Å². The molecule has 1 aromatic rings. The van der Waals surface area contributed by atoms with Crippen LogP contribution in [0.2, 0.25) is 0 Å². The Morgan fingerprint density at radius 3 is 2.43 bits per heavy atom. The van der Waals surface area contributed by atoms with Gasteiger partial charge >= 0.3 is 0 Å². The van der Waals surface area contributed by atoms with Crippen molar-refractivity contribution in [2.45, 2.75) is 19.4 Å². The fraction of sp³-hybridized carbons (Fsp3) is 0.412. The number of carbonyl (C=O) groups is 2. The molecule has 6 heteroatoms. The first-order valence-electron chi connectivity index (χ1n) is 7.48. The van der Waals surface area contributed by atoms with Crippen LogP contribution >= 0.6 is 15.9 Å². The zero-order valence-electron chi connectivity index (χ0n) is 13.5. The number of Topliss-reactive ketones (excluding diaryl/α,β-unsaturated/α-hetero) is 1. The maximum absolute atomic E-state index is 12.4. The predicted molar refractivity (Wildman–Crippen MR) is 92.1 cm³/mol. The van der Waals surface area contributed by atoms with Gasteiger partial charge in [-0.3, -0.25) is 9.59 Å². The molecule has 0 saturated heterocycles. The summed E-state index contributed by atoms with van der Waals surface area (Å²) in [6.45, 7) is 2.69.